The molecule has 2 heterocycles. The number of thiazole rings is 1. The third-order valence-electron chi connectivity index (χ3n) is 5.76. The Morgan fingerprint density at radius 1 is 1.22 bits per heavy atom. The lowest BCUT2D eigenvalue weighted by molar-refractivity contribution is -0.142. The third-order valence-corrected chi connectivity index (χ3v) is 6.75. The van der Waals surface area contributed by atoms with Crippen molar-refractivity contribution in [2.75, 3.05) is 0 Å². The minimum Gasteiger partial charge on any atom is -0.480 e. The third kappa shape index (κ3) is 5.46. The Bertz CT molecular complexity index is 1460. The summed E-state index contributed by atoms with van der Waals surface area (Å²) in [5, 5.41) is 15.0. The average molecular weight is 507 g/mol. The van der Waals surface area contributed by atoms with Gasteiger partial charge in [-0.3, -0.25) is 9.59 Å². The molecule has 2 atom stereocenters. The lowest BCUT2D eigenvalue weighted by Crippen LogP contribution is -2.47. The molecule has 4 aromatic rings. The number of nitrogens with one attached hydrogen (secondary N) is 1. The zero-order valence-corrected chi connectivity index (χ0v) is 20.9. The molecule has 0 spiro atoms. The lowest BCUT2D eigenvalue weighted by Gasteiger charge is -2.20. The van der Waals surface area contributed by atoms with Crippen LogP contribution in [0.15, 0.2) is 63.3 Å². The van der Waals surface area contributed by atoms with Crippen LogP contribution < -0.4 is 15.5 Å². The number of hydrogen-bond acceptors (Lipinski definition) is 7. The summed E-state index contributed by atoms with van der Waals surface area (Å²) in [4.78, 5) is 42.0. The van der Waals surface area contributed by atoms with Crippen LogP contribution in [-0.4, -0.2) is 34.1 Å². The van der Waals surface area contributed by atoms with Gasteiger partial charge in [-0.05, 0) is 37.5 Å². The van der Waals surface area contributed by atoms with Crippen molar-refractivity contribution in [2.45, 2.75) is 45.8 Å². The molecule has 9 heteroatoms. The number of carboxylic acids is 1. The summed E-state index contributed by atoms with van der Waals surface area (Å²) in [6, 6.07) is 11.3. The predicted octanol–water partition coefficient (Wildman–Crippen LogP) is 4.37. The Morgan fingerprint density at radius 3 is 2.61 bits per heavy atom. The summed E-state index contributed by atoms with van der Waals surface area (Å²) in [7, 11) is 0. The van der Waals surface area contributed by atoms with Crippen LogP contribution >= 0.6 is 11.3 Å². The molecule has 4 rings (SSSR count). The maximum Gasteiger partial charge on any atom is 0.326 e. The van der Waals surface area contributed by atoms with E-state index in [1.165, 1.54) is 17.6 Å². The summed E-state index contributed by atoms with van der Waals surface area (Å²) in [5.74, 6) is -1.30. The molecular weight excluding hydrogens is 480 g/mol. The van der Waals surface area contributed by atoms with E-state index in [-0.39, 0.29) is 11.8 Å². The van der Waals surface area contributed by atoms with Gasteiger partial charge in [-0.1, -0.05) is 37.3 Å². The first-order valence-electron chi connectivity index (χ1n) is 11.5. The highest BCUT2D eigenvalue weighted by molar-refractivity contribution is 7.13. The van der Waals surface area contributed by atoms with E-state index in [1.54, 1.807) is 31.2 Å². The Labute approximate surface area is 211 Å². The summed E-state index contributed by atoms with van der Waals surface area (Å²) in [6.07, 6.45) is 1.10. The Kier molecular flexibility index (Phi) is 7.49. The van der Waals surface area contributed by atoms with Gasteiger partial charge in [0, 0.05) is 23.6 Å². The average Bonchev–Trinajstić information content (AvgIpc) is 3.29. The Balaban J connectivity index is 1.55. The second kappa shape index (κ2) is 10.7. The topological polar surface area (TPSA) is 119 Å². The minimum absolute atomic E-state index is 0.150. The summed E-state index contributed by atoms with van der Waals surface area (Å²) >= 11 is 1.38. The van der Waals surface area contributed by atoms with Crippen molar-refractivity contribution in [2.24, 2.45) is 0 Å². The number of benzene rings is 2. The molecule has 0 saturated heterocycles. The van der Waals surface area contributed by atoms with Crippen molar-refractivity contribution in [1.29, 1.82) is 0 Å². The van der Waals surface area contributed by atoms with Gasteiger partial charge in [-0.25, -0.2) is 9.78 Å². The number of hydrogen-bond donors (Lipinski definition) is 2. The van der Waals surface area contributed by atoms with Gasteiger partial charge in [0.2, 0.25) is 5.43 Å². The number of amides is 1. The second-order valence-corrected chi connectivity index (χ2v) is 9.29. The normalized spacial score (nSPS) is 12.8. The fourth-order valence-corrected chi connectivity index (χ4v) is 4.60. The van der Waals surface area contributed by atoms with E-state index in [0.717, 1.165) is 16.8 Å². The van der Waals surface area contributed by atoms with Crippen molar-refractivity contribution in [3.8, 4) is 16.3 Å². The van der Waals surface area contributed by atoms with Crippen LogP contribution in [0.3, 0.4) is 0 Å². The smallest absolute Gasteiger partial charge is 0.326 e. The first-order valence-corrected chi connectivity index (χ1v) is 12.4. The lowest BCUT2D eigenvalue weighted by atomic mass is 10.1. The molecule has 8 nitrogen and oxygen atoms in total. The van der Waals surface area contributed by atoms with Gasteiger partial charge in [-0.15, -0.1) is 11.3 Å². The molecular formula is C27H26N2O6S. The molecule has 0 radical (unpaired) electrons. The van der Waals surface area contributed by atoms with E-state index >= 15 is 0 Å². The molecule has 2 aromatic heterocycles. The van der Waals surface area contributed by atoms with Gasteiger partial charge in [-0.2, -0.15) is 0 Å². The number of aromatic nitrogens is 1. The summed E-state index contributed by atoms with van der Waals surface area (Å²) in [5.41, 5.74) is 2.87. The van der Waals surface area contributed by atoms with Crippen LogP contribution in [0.4, 0.5) is 0 Å². The zero-order chi connectivity index (χ0) is 25.8. The molecule has 0 aliphatic heterocycles. The number of rotatable bonds is 9. The Hall–Kier alpha value is -3.98. The number of ether oxygens (including phenoxy) is 1. The molecule has 0 unspecified atom stereocenters. The molecule has 1 amide bonds. The maximum atomic E-state index is 13.1. The first kappa shape index (κ1) is 25.1. The molecule has 2 aromatic carbocycles. The highest BCUT2D eigenvalue weighted by Gasteiger charge is 2.25. The van der Waals surface area contributed by atoms with Crippen molar-refractivity contribution in [3.63, 3.8) is 0 Å². The number of carbonyl (C=O) groups is 2. The Morgan fingerprint density at radius 2 is 1.97 bits per heavy atom. The zero-order valence-electron chi connectivity index (χ0n) is 20.1. The molecule has 186 valence electrons. The minimum atomic E-state index is -1.13. The van der Waals surface area contributed by atoms with Gasteiger partial charge in [0.05, 0.1) is 10.9 Å². The standard InChI is InChI=1S/C27H26N2O6S/c1-4-18-11-19-23(34-13-20(24(19)30)26-28-15(2)14-36-26)12-22(18)35-16(3)25(31)29-21(27(32)33)10-17-8-6-5-7-9-17/h5-9,11-14,16,21H,4,10H2,1-3H3,(H,29,31)(H,32,33)/t16-,21-/m1/s1. The van der Waals surface area contributed by atoms with Crippen LogP contribution in [-0.2, 0) is 22.4 Å². The molecule has 0 fully saturated rings. The van der Waals surface area contributed by atoms with E-state index < -0.39 is 24.0 Å². The molecule has 0 aliphatic rings. The summed E-state index contributed by atoms with van der Waals surface area (Å²) in [6.45, 7) is 5.32. The fourth-order valence-electron chi connectivity index (χ4n) is 3.80. The first-order chi connectivity index (χ1) is 17.3. The van der Waals surface area contributed by atoms with Crippen LogP contribution in [0.2, 0.25) is 0 Å². The van der Waals surface area contributed by atoms with E-state index in [4.69, 9.17) is 9.15 Å². The molecule has 0 saturated carbocycles. The maximum absolute atomic E-state index is 13.1. The highest BCUT2D eigenvalue weighted by Crippen LogP contribution is 2.29. The molecule has 2 N–H and O–H groups in total. The monoisotopic (exact) mass is 506 g/mol. The van der Waals surface area contributed by atoms with Crippen LogP contribution in [0.5, 0.6) is 5.75 Å². The number of nitrogens with zero attached hydrogens (tertiary/aromatic N) is 1. The molecule has 0 bridgehead atoms. The van der Waals surface area contributed by atoms with E-state index in [0.29, 0.717) is 33.7 Å². The van der Waals surface area contributed by atoms with Gasteiger partial charge in [0.1, 0.15) is 28.6 Å². The van der Waals surface area contributed by atoms with E-state index in [2.05, 4.69) is 10.3 Å². The van der Waals surface area contributed by atoms with Crippen molar-refractivity contribution >= 4 is 34.2 Å². The number of aryl methyl sites for hydroxylation is 2. The molecule has 36 heavy (non-hydrogen) atoms. The second-order valence-electron chi connectivity index (χ2n) is 8.43. The summed E-state index contributed by atoms with van der Waals surface area (Å²) < 4.78 is 11.7. The number of fused-ring (bicyclic) bond motifs is 1. The number of aliphatic carboxylic acids is 1. The number of carboxylic acid groups (broad SMARTS) is 1. The van der Waals surface area contributed by atoms with Crippen molar-refractivity contribution in [3.05, 3.63) is 81.2 Å². The SMILES string of the molecule is CCc1cc2c(=O)c(-c3nc(C)cs3)coc2cc1O[C@H](C)C(=O)N[C@H](Cc1ccccc1)C(=O)O. The number of carbonyl (C=O) groups excluding carboxylic acids is 1. The van der Waals surface area contributed by atoms with Gasteiger partial charge < -0.3 is 19.6 Å². The van der Waals surface area contributed by atoms with Crippen molar-refractivity contribution < 1.29 is 23.8 Å². The largest absolute Gasteiger partial charge is 0.480 e. The van der Waals surface area contributed by atoms with E-state index in [1.807, 2.05) is 37.4 Å². The predicted molar refractivity (Wildman–Crippen MR) is 138 cm³/mol. The quantitative estimate of drug-likeness (QED) is 0.346. The van der Waals surface area contributed by atoms with Gasteiger partial charge in [0.25, 0.3) is 5.91 Å². The highest BCUT2D eigenvalue weighted by atomic mass is 32.1. The van der Waals surface area contributed by atoms with Crippen molar-refractivity contribution in [1.82, 2.24) is 10.3 Å². The van der Waals surface area contributed by atoms with Crippen LogP contribution in [0.25, 0.3) is 21.5 Å². The van der Waals surface area contributed by atoms with Crippen LogP contribution in [0, 0.1) is 6.92 Å². The van der Waals surface area contributed by atoms with Gasteiger partial charge in [0.15, 0.2) is 6.10 Å². The van der Waals surface area contributed by atoms with E-state index in [9.17, 15) is 19.5 Å². The fraction of sp³-hybridized carbons (Fsp3) is 0.259. The molecule has 0 aliphatic carbocycles. The van der Waals surface area contributed by atoms with Crippen LogP contribution in [0.1, 0.15) is 30.7 Å². The van der Waals surface area contributed by atoms with Gasteiger partial charge >= 0.3 is 5.97 Å².